The molecular weight excluding hydrogens is 346 g/mol. The fourth-order valence-electron chi connectivity index (χ4n) is 2.36. The third-order valence-corrected chi connectivity index (χ3v) is 3.86. The number of hydrogen-bond donors (Lipinski definition) is 3. The molecule has 7 nitrogen and oxygen atoms in total. The minimum atomic E-state index is -0.698. The van der Waals surface area contributed by atoms with Crippen molar-refractivity contribution in [2.45, 2.75) is 19.6 Å². The SMILES string of the molecule is COc1cccc(COC(C)C(=O)Nc2ccccc2C(=O)NCCN)c1. The third kappa shape index (κ3) is 6.09. The molecule has 0 heterocycles. The number of hydrogen-bond acceptors (Lipinski definition) is 5. The Hall–Kier alpha value is -2.90. The van der Waals surface area contributed by atoms with E-state index in [4.69, 9.17) is 15.2 Å². The van der Waals surface area contributed by atoms with Crippen LogP contribution in [0.5, 0.6) is 5.75 Å². The van der Waals surface area contributed by atoms with Gasteiger partial charge in [-0.3, -0.25) is 9.59 Å². The van der Waals surface area contributed by atoms with Gasteiger partial charge in [0.05, 0.1) is 25.0 Å². The van der Waals surface area contributed by atoms with Crippen molar-refractivity contribution in [1.29, 1.82) is 0 Å². The summed E-state index contributed by atoms with van der Waals surface area (Å²) < 4.78 is 10.8. The predicted octanol–water partition coefficient (Wildman–Crippen LogP) is 1.93. The van der Waals surface area contributed by atoms with Crippen molar-refractivity contribution in [2.24, 2.45) is 5.73 Å². The Kier molecular flexibility index (Phi) is 7.79. The van der Waals surface area contributed by atoms with Gasteiger partial charge < -0.3 is 25.8 Å². The van der Waals surface area contributed by atoms with Crippen molar-refractivity contribution >= 4 is 17.5 Å². The molecule has 0 spiro atoms. The molecule has 2 amide bonds. The van der Waals surface area contributed by atoms with Crippen LogP contribution in [0, 0.1) is 0 Å². The number of rotatable bonds is 9. The van der Waals surface area contributed by atoms with Crippen LogP contribution in [0.4, 0.5) is 5.69 Å². The maximum absolute atomic E-state index is 12.4. The molecule has 0 aliphatic carbocycles. The summed E-state index contributed by atoms with van der Waals surface area (Å²) >= 11 is 0. The minimum Gasteiger partial charge on any atom is -0.497 e. The van der Waals surface area contributed by atoms with Gasteiger partial charge in [0.1, 0.15) is 11.9 Å². The number of methoxy groups -OCH3 is 1. The molecule has 1 atom stereocenters. The second-order valence-corrected chi connectivity index (χ2v) is 5.88. The lowest BCUT2D eigenvalue weighted by molar-refractivity contribution is -0.127. The molecule has 2 aromatic rings. The fraction of sp³-hybridized carbons (Fsp3) is 0.300. The number of nitrogens with two attached hydrogens (primary N) is 1. The van der Waals surface area contributed by atoms with Gasteiger partial charge in [0.25, 0.3) is 11.8 Å². The standard InChI is InChI=1S/C20H25N3O4/c1-14(27-13-15-6-5-7-16(12-15)26-2)19(24)23-18-9-4-3-8-17(18)20(25)22-11-10-21/h3-9,12,14H,10-11,13,21H2,1-2H3,(H,22,25)(H,23,24). The van der Waals surface area contributed by atoms with E-state index in [2.05, 4.69) is 10.6 Å². The second kappa shape index (κ2) is 10.3. The summed E-state index contributed by atoms with van der Waals surface area (Å²) in [5.41, 5.74) is 7.10. The molecule has 0 saturated carbocycles. The number of carbonyl (C=O) groups excluding carboxylic acids is 2. The monoisotopic (exact) mass is 371 g/mol. The van der Waals surface area contributed by atoms with Gasteiger partial charge in [-0.25, -0.2) is 0 Å². The van der Waals surface area contributed by atoms with E-state index in [0.29, 0.717) is 24.3 Å². The van der Waals surface area contributed by atoms with Crippen molar-refractivity contribution in [3.63, 3.8) is 0 Å². The van der Waals surface area contributed by atoms with E-state index < -0.39 is 6.10 Å². The number of amides is 2. The normalized spacial score (nSPS) is 11.5. The molecule has 0 bridgehead atoms. The van der Waals surface area contributed by atoms with Gasteiger partial charge in [0.15, 0.2) is 0 Å². The van der Waals surface area contributed by atoms with E-state index in [1.165, 1.54) is 0 Å². The van der Waals surface area contributed by atoms with Gasteiger partial charge >= 0.3 is 0 Å². The molecule has 1 unspecified atom stereocenters. The predicted molar refractivity (Wildman–Crippen MR) is 104 cm³/mol. The van der Waals surface area contributed by atoms with Crippen molar-refractivity contribution < 1.29 is 19.1 Å². The van der Waals surface area contributed by atoms with Crippen molar-refractivity contribution in [2.75, 3.05) is 25.5 Å². The van der Waals surface area contributed by atoms with E-state index in [1.807, 2.05) is 24.3 Å². The Bertz CT molecular complexity index is 779. The highest BCUT2D eigenvalue weighted by molar-refractivity contribution is 6.04. The molecular formula is C20H25N3O4. The Morgan fingerprint density at radius 3 is 2.67 bits per heavy atom. The highest BCUT2D eigenvalue weighted by Crippen LogP contribution is 2.17. The van der Waals surface area contributed by atoms with Crippen molar-refractivity contribution in [1.82, 2.24) is 5.32 Å². The average Bonchev–Trinajstić information content (AvgIpc) is 2.70. The van der Waals surface area contributed by atoms with Crippen LogP contribution in [-0.4, -0.2) is 38.1 Å². The van der Waals surface area contributed by atoms with Gasteiger partial charge in [0.2, 0.25) is 0 Å². The lowest BCUT2D eigenvalue weighted by Gasteiger charge is -2.16. The van der Waals surface area contributed by atoms with Crippen molar-refractivity contribution in [3.05, 3.63) is 59.7 Å². The number of benzene rings is 2. The zero-order valence-corrected chi connectivity index (χ0v) is 15.5. The van der Waals surface area contributed by atoms with E-state index in [9.17, 15) is 9.59 Å². The number of para-hydroxylation sites is 1. The quantitative estimate of drug-likeness (QED) is 0.625. The van der Waals surface area contributed by atoms with Crippen LogP contribution in [0.25, 0.3) is 0 Å². The summed E-state index contributed by atoms with van der Waals surface area (Å²) in [6.07, 6.45) is -0.698. The number of carbonyl (C=O) groups is 2. The molecule has 27 heavy (non-hydrogen) atoms. The lowest BCUT2D eigenvalue weighted by Crippen LogP contribution is -2.31. The van der Waals surface area contributed by atoms with Crippen LogP contribution < -0.4 is 21.1 Å². The first-order valence-electron chi connectivity index (χ1n) is 8.68. The zero-order chi connectivity index (χ0) is 19.6. The van der Waals surface area contributed by atoms with E-state index in [-0.39, 0.29) is 18.4 Å². The summed E-state index contributed by atoms with van der Waals surface area (Å²) in [4.78, 5) is 24.6. The van der Waals surface area contributed by atoms with E-state index >= 15 is 0 Å². The minimum absolute atomic E-state index is 0.268. The maximum atomic E-state index is 12.4. The van der Waals surface area contributed by atoms with Crippen LogP contribution in [0.3, 0.4) is 0 Å². The summed E-state index contributed by atoms with van der Waals surface area (Å²) in [6, 6.07) is 14.2. The summed E-state index contributed by atoms with van der Waals surface area (Å²) in [5.74, 6) is 0.101. The van der Waals surface area contributed by atoms with Gasteiger partial charge in [0, 0.05) is 13.1 Å². The topological polar surface area (TPSA) is 103 Å². The van der Waals surface area contributed by atoms with Crippen LogP contribution >= 0.6 is 0 Å². The smallest absolute Gasteiger partial charge is 0.253 e. The highest BCUT2D eigenvalue weighted by Gasteiger charge is 2.17. The van der Waals surface area contributed by atoms with Gasteiger partial charge in [-0.2, -0.15) is 0 Å². The lowest BCUT2D eigenvalue weighted by atomic mass is 10.1. The number of nitrogens with one attached hydrogen (secondary N) is 2. The Morgan fingerprint density at radius 2 is 1.93 bits per heavy atom. The first kappa shape index (κ1) is 20.4. The summed E-state index contributed by atoms with van der Waals surface area (Å²) in [7, 11) is 1.59. The van der Waals surface area contributed by atoms with Gasteiger partial charge in [-0.15, -0.1) is 0 Å². The van der Waals surface area contributed by atoms with Gasteiger partial charge in [-0.05, 0) is 36.8 Å². The van der Waals surface area contributed by atoms with Crippen LogP contribution in [0.1, 0.15) is 22.8 Å². The molecule has 7 heteroatoms. The fourth-order valence-corrected chi connectivity index (χ4v) is 2.36. The Morgan fingerprint density at radius 1 is 1.15 bits per heavy atom. The molecule has 144 valence electrons. The third-order valence-electron chi connectivity index (χ3n) is 3.86. The molecule has 2 aromatic carbocycles. The first-order chi connectivity index (χ1) is 13.0. The van der Waals surface area contributed by atoms with Crippen LogP contribution in [0.2, 0.25) is 0 Å². The number of ether oxygens (including phenoxy) is 2. The molecule has 4 N–H and O–H groups in total. The largest absolute Gasteiger partial charge is 0.497 e. The van der Waals surface area contributed by atoms with E-state index in [0.717, 1.165) is 11.3 Å². The maximum Gasteiger partial charge on any atom is 0.253 e. The first-order valence-corrected chi connectivity index (χ1v) is 8.68. The molecule has 0 aliphatic rings. The zero-order valence-electron chi connectivity index (χ0n) is 15.5. The van der Waals surface area contributed by atoms with Gasteiger partial charge in [-0.1, -0.05) is 24.3 Å². The Labute approximate surface area is 158 Å². The molecule has 2 rings (SSSR count). The van der Waals surface area contributed by atoms with E-state index in [1.54, 1.807) is 38.3 Å². The van der Waals surface area contributed by atoms with Crippen LogP contribution in [-0.2, 0) is 16.1 Å². The Balaban J connectivity index is 1.97. The molecule has 0 radical (unpaired) electrons. The second-order valence-electron chi connectivity index (χ2n) is 5.88. The van der Waals surface area contributed by atoms with Crippen molar-refractivity contribution in [3.8, 4) is 5.75 Å². The van der Waals surface area contributed by atoms with Crippen LogP contribution in [0.15, 0.2) is 48.5 Å². The molecule has 0 fully saturated rings. The summed E-state index contributed by atoms with van der Waals surface area (Å²) in [6.45, 7) is 2.63. The highest BCUT2D eigenvalue weighted by atomic mass is 16.5. The summed E-state index contributed by atoms with van der Waals surface area (Å²) in [5, 5.41) is 5.44. The molecule has 0 saturated heterocycles. The number of anilines is 1. The molecule has 0 aromatic heterocycles. The molecule has 0 aliphatic heterocycles. The average molecular weight is 371 g/mol.